The van der Waals surface area contributed by atoms with Gasteiger partial charge in [0.15, 0.2) is 0 Å². The van der Waals surface area contributed by atoms with Gasteiger partial charge in [-0.05, 0) is 12.8 Å². The van der Waals surface area contributed by atoms with Gasteiger partial charge in [-0.1, -0.05) is 0 Å². The number of aliphatic carboxylic acids is 1. The molecule has 0 saturated carbocycles. The largest absolute Gasteiger partial charge is 0.480 e. The lowest BCUT2D eigenvalue weighted by Gasteiger charge is -2.25. The molecule has 0 bridgehead atoms. The van der Waals surface area contributed by atoms with E-state index in [1.807, 2.05) is 0 Å². The van der Waals surface area contributed by atoms with Gasteiger partial charge in [-0.25, -0.2) is 4.79 Å². The van der Waals surface area contributed by atoms with Gasteiger partial charge in [0.25, 0.3) is 0 Å². The minimum Gasteiger partial charge on any atom is -0.480 e. The molecule has 11 heteroatoms. The Bertz CT molecular complexity index is 503. The number of hydrogen-bond donors (Lipinski definition) is 6. The van der Waals surface area contributed by atoms with Crippen molar-refractivity contribution < 1.29 is 29.4 Å². The van der Waals surface area contributed by atoms with Gasteiger partial charge in [-0.15, -0.1) is 0 Å². The van der Waals surface area contributed by atoms with Crippen LogP contribution >= 0.6 is 12.6 Å². The molecule has 1 aliphatic rings. The number of aliphatic hydroxyl groups is 1. The molecule has 0 aromatic carbocycles. The number of nitrogens with one attached hydrogen (secondary N) is 2. The fraction of sp³-hybridized carbons (Fsp3) is 0.692. The molecule has 6 N–H and O–H groups in total. The van der Waals surface area contributed by atoms with Crippen LogP contribution in [0.3, 0.4) is 0 Å². The molecule has 0 spiro atoms. The van der Waals surface area contributed by atoms with Crippen molar-refractivity contribution in [3.05, 3.63) is 0 Å². The van der Waals surface area contributed by atoms with Crippen molar-refractivity contribution in [2.45, 2.75) is 31.0 Å². The average molecular weight is 362 g/mol. The van der Waals surface area contributed by atoms with Crippen molar-refractivity contribution in [1.82, 2.24) is 15.5 Å². The molecule has 24 heavy (non-hydrogen) atoms. The summed E-state index contributed by atoms with van der Waals surface area (Å²) < 4.78 is 0. The first-order chi connectivity index (χ1) is 11.3. The molecule has 1 heterocycles. The summed E-state index contributed by atoms with van der Waals surface area (Å²) in [4.78, 5) is 48.0. The lowest BCUT2D eigenvalue weighted by molar-refractivity contribution is -0.143. The second kappa shape index (κ2) is 9.45. The summed E-state index contributed by atoms with van der Waals surface area (Å²) in [7, 11) is 0. The number of aliphatic hydroxyl groups excluding tert-OH is 1. The number of carbonyl (C=O) groups is 4. The third-order valence-corrected chi connectivity index (χ3v) is 3.99. The van der Waals surface area contributed by atoms with Crippen LogP contribution in [-0.4, -0.2) is 82.4 Å². The number of hydrogen-bond acceptors (Lipinski definition) is 7. The molecule has 3 unspecified atom stereocenters. The molecule has 10 nitrogen and oxygen atoms in total. The molecular formula is C13H22N4O6S. The molecule has 3 atom stereocenters. The molecule has 0 aromatic heterocycles. The number of carboxylic acid groups (broad SMARTS) is 1. The zero-order valence-corrected chi connectivity index (χ0v) is 13.9. The smallest absolute Gasteiger partial charge is 0.327 e. The second-order valence-corrected chi connectivity index (χ2v) is 5.70. The Labute approximate surface area is 144 Å². The molecule has 136 valence electrons. The van der Waals surface area contributed by atoms with Crippen molar-refractivity contribution in [3.8, 4) is 0 Å². The Morgan fingerprint density at radius 1 is 1.33 bits per heavy atom. The van der Waals surface area contributed by atoms with E-state index in [9.17, 15) is 19.2 Å². The van der Waals surface area contributed by atoms with Crippen molar-refractivity contribution >= 4 is 36.3 Å². The Morgan fingerprint density at radius 2 is 2.00 bits per heavy atom. The van der Waals surface area contributed by atoms with E-state index in [0.29, 0.717) is 19.4 Å². The zero-order valence-electron chi connectivity index (χ0n) is 13.0. The van der Waals surface area contributed by atoms with Crippen LogP contribution in [0.1, 0.15) is 12.8 Å². The van der Waals surface area contributed by atoms with Gasteiger partial charge < -0.3 is 31.5 Å². The summed E-state index contributed by atoms with van der Waals surface area (Å²) in [5.41, 5.74) is 5.32. The highest BCUT2D eigenvalue weighted by molar-refractivity contribution is 7.80. The van der Waals surface area contributed by atoms with Gasteiger partial charge in [-0.3, -0.25) is 14.4 Å². The summed E-state index contributed by atoms with van der Waals surface area (Å²) in [5, 5.41) is 22.3. The van der Waals surface area contributed by atoms with Gasteiger partial charge in [0.2, 0.25) is 17.7 Å². The number of nitrogens with zero attached hydrogens (tertiary/aromatic N) is 1. The van der Waals surface area contributed by atoms with E-state index in [1.165, 1.54) is 4.90 Å². The monoisotopic (exact) mass is 362 g/mol. The Balaban J connectivity index is 2.60. The quantitative estimate of drug-likeness (QED) is 0.249. The Kier molecular flexibility index (Phi) is 7.95. The van der Waals surface area contributed by atoms with Crippen molar-refractivity contribution in [2.75, 3.05) is 25.4 Å². The summed E-state index contributed by atoms with van der Waals surface area (Å²) >= 11 is 3.86. The molecular weight excluding hydrogens is 340 g/mol. The predicted octanol–water partition coefficient (Wildman–Crippen LogP) is -3.09. The lowest BCUT2D eigenvalue weighted by Crippen LogP contribution is -2.53. The van der Waals surface area contributed by atoms with E-state index < -0.39 is 48.4 Å². The molecule has 1 fully saturated rings. The highest BCUT2D eigenvalue weighted by Gasteiger charge is 2.35. The Hall–Kier alpha value is -1.85. The summed E-state index contributed by atoms with van der Waals surface area (Å²) in [6.45, 7) is -0.572. The zero-order chi connectivity index (χ0) is 18.3. The van der Waals surface area contributed by atoms with Gasteiger partial charge >= 0.3 is 5.97 Å². The minimum atomic E-state index is -1.21. The number of amides is 3. The molecule has 0 aromatic rings. The van der Waals surface area contributed by atoms with Gasteiger partial charge in [0.05, 0.1) is 13.2 Å². The first-order valence-electron chi connectivity index (χ1n) is 7.39. The van der Waals surface area contributed by atoms with Crippen LogP contribution < -0.4 is 16.4 Å². The highest BCUT2D eigenvalue weighted by Crippen LogP contribution is 2.17. The van der Waals surface area contributed by atoms with E-state index in [1.54, 1.807) is 0 Å². The standard InChI is InChI=1S/C13H22N4O6S/c14-7(5-18)11(20)15-4-10(19)17-3-1-2-9(17)12(21)16-8(6-24)13(22)23/h7-9,18,24H,1-6,14H2,(H,15,20)(H,16,21)(H,22,23). The summed E-state index contributed by atoms with van der Waals surface area (Å²) in [6.07, 6.45) is 0.993. The molecule has 1 saturated heterocycles. The van der Waals surface area contributed by atoms with Gasteiger partial charge in [0, 0.05) is 12.3 Å². The topological polar surface area (TPSA) is 162 Å². The minimum absolute atomic E-state index is 0.0726. The third kappa shape index (κ3) is 5.35. The average Bonchev–Trinajstić information content (AvgIpc) is 3.05. The highest BCUT2D eigenvalue weighted by atomic mass is 32.1. The van der Waals surface area contributed by atoms with Gasteiger partial charge in [0.1, 0.15) is 18.1 Å². The summed E-state index contributed by atoms with van der Waals surface area (Å²) in [6, 6.07) is -3.05. The number of rotatable bonds is 8. The SMILES string of the molecule is NC(CO)C(=O)NCC(=O)N1CCCC1C(=O)NC(CS)C(=O)O. The Morgan fingerprint density at radius 3 is 2.54 bits per heavy atom. The van der Waals surface area contributed by atoms with Crippen LogP contribution in [0.4, 0.5) is 0 Å². The van der Waals surface area contributed by atoms with E-state index in [4.69, 9.17) is 15.9 Å². The molecule has 0 radical (unpaired) electrons. The third-order valence-electron chi connectivity index (χ3n) is 3.62. The van der Waals surface area contributed by atoms with E-state index in [2.05, 4.69) is 23.3 Å². The van der Waals surface area contributed by atoms with Crippen LogP contribution in [0.2, 0.25) is 0 Å². The second-order valence-electron chi connectivity index (χ2n) is 5.33. The summed E-state index contributed by atoms with van der Waals surface area (Å²) in [5.74, 6) is -3.01. The van der Waals surface area contributed by atoms with E-state index >= 15 is 0 Å². The first kappa shape index (κ1) is 20.2. The first-order valence-corrected chi connectivity index (χ1v) is 8.02. The number of carbonyl (C=O) groups excluding carboxylic acids is 3. The number of carboxylic acids is 1. The van der Waals surface area contributed by atoms with Crippen LogP contribution in [-0.2, 0) is 19.2 Å². The normalized spacial score (nSPS) is 19.5. The number of likely N-dealkylation sites (tertiary alicyclic amines) is 1. The lowest BCUT2D eigenvalue weighted by atomic mass is 10.2. The maximum atomic E-state index is 12.2. The van der Waals surface area contributed by atoms with Gasteiger partial charge in [-0.2, -0.15) is 12.6 Å². The molecule has 3 amide bonds. The maximum absolute atomic E-state index is 12.2. The number of thiol groups is 1. The van der Waals surface area contributed by atoms with Crippen molar-refractivity contribution in [1.29, 1.82) is 0 Å². The van der Waals surface area contributed by atoms with Crippen molar-refractivity contribution in [2.24, 2.45) is 5.73 Å². The molecule has 1 aliphatic heterocycles. The fourth-order valence-corrected chi connectivity index (χ4v) is 2.52. The van der Waals surface area contributed by atoms with E-state index in [-0.39, 0.29) is 12.3 Å². The van der Waals surface area contributed by atoms with E-state index in [0.717, 1.165) is 0 Å². The molecule has 0 aliphatic carbocycles. The predicted molar refractivity (Wildman–Crippen MR) is 86.2 cm³/mol. The van der Waals surface area contributed by atoms with Crippen LogP contribution in [0.25, 0.3) is 0 Å². The maximum Gasteiger partial charge on any atom is 0.327 e. The van der Waals surface area contributed by atoms with Crippen molar-refractivity contribution in [3.63, 3.8) is 0 Å². The number of nitrogens with two attached hydrogens (primary N) is 1. The van der Waals surface area contributed by atoms with Crippen LogP contribution in [0.5, 0.6) is 0 Å². The van der Waals surface area contributed by atoms with Crippen LogP contribution in [0, 0.1) is 0 Å². The van der Waals surface area contributed by atoms with Crippen LogP contribution in [0.15, 0.2) is 0 Å². The molecule has 1 rings (SSSR count). The fourth-order valence-electron chi connectivity index (χ4n) is 2.27.